The molecule has 3 N–H and O–H groups in total. The van der Waals surface area contributed by atoms with Gasteiger partial charge in [0.25, 0.3) is 0 Å². The fourth-order valence-corrected chi connectivity index (χ4v) is 4.42. The number of rotatable bonds is 4. The summed E-state index contributed by atoms with van der Waals surface area (Å²) < 4.78 is 0. The highest BCUT2D eigenvalue weighted by atomic mass is 16.3. The number of unbranched alkanes of at least 4 members (excludes halogenated alkanes) is 1. The molecular formula is C24H35NO. The first-order chi connectivity index (χ1) is 12.3. The number of hydrogen-bond acceptors (Lipinski definition) is 2. The van der Waals surface area contributed by atoms with Crippen LogP contribution in [0.2, 0.25) is 0 Å². The van der Waals surface area contributed by atoms with E-state index < -0.39 is 0 Å². The van der Waals surface area contributed by atoms with Gasteiger partial charge in [-0.1, -0.05) is 31.2 Å². The molecule has 2 aliphatic carbocycles. The van der Waals surface area contributed by atoms with Gasteiger partial charge in [0, 0.05) is 11.6 Å². The average Bonchev–Trinajstić information content (AvgIpc) is 2.97. The third-order valence-corrected chi connectivity index (χ3v) is 6.05. The lowest BCUT2D eigenvalue weighted by atomic mass is 9.66. The number of benzene rings is 1. The Morgan fingerprint density at radius 3 is 2.65 bits per heavy atom. The van der Waals surface area contributed by atoms with Crippen LogP contribution in [-0.2, 0) is 19.3 Å². The molecule has 0 saturated heterocycles. The van der Waals surface area contributed by atoms with E-state index in [4.69, 9.17) is 5.73 Å². The van der Waals surface area contributed by atoms with Gasteiger partial charge >= 0.3 is 0 Å². The average molecular weight is 354 g/mol. The molecule has 0 heterocycles. The molecule has 1 aromatic carbocycles. The molecule has 0 fully saturated rings. The summed E-state index contributed by atoms with van der Waals surface area (Å²) in [5.41, 5.74) is 13.8. The minimum atomic E-state index is 0.107. The van der Waals surface area contributed by atoms with Crippen molar-refractivity contribution in [3.8, 4) is 5.75 Å². The minimum Gasteiger partial charge on any atom is -0.507 e. The van der Waals surface area contributed by atoms with Crippen LogP contribution >= 0.6 is 0 Å². The van der Waals surface area contributed by atoms with Crippen LogP contribution in [0.3, 0.4) is 0 Å². The molecule has 2 atom stereocenters. The van der Waals surface area contributed by atoms with E-state index in [0.29, 0.717) is 5.75 Å². The summed E-state index contributed by atoms with van der Waals surface area (Å²) in [5, 5.41) is 10.8. The van der Waals surface area contributed by atoms with Crippen molar-refractivity contribution < 1.29 is 5.11 Å². The zero-order valence-electron chi connectivity index (χ0n) is 16.8. The van der Waals surface area contributed by atoms with Crippen LogP contribution in [0.4, 0.5) is 0 Å². The molecule has 2 heteroatoms. The lowest BCUT2D eigenvalue weighted by molar-refractivity contribution is 0.208. The fourth-order valence-electron chi connectivity index (χ4n) is 4.42. The maximum atomic E-state index is 10.8. The molecule has 0 bridgehead atoms. The van der Waals surface area contributed by atoms with Gasteiger partial charge in [0.15, 0.2) is 0 Å². The highest BCUT2D eigenvalue weighted by Crippen LogP contribution is 2.47. The predicted octanol–water partition coefficient (Wildman–Crippen LogP) is 5.72. The molecule has 2 nitrogen and oxygen atoms in total. The Labute approximate surface area is 159 Å². The Kier molecular flexibility index (Phi) is 6.52. The minimum absolute atomic E-state index is 0.107. The summed E-state index contributed by atoms with van der Waals surface area (Å²) >= 11 is 0. The molecule has 3 rings (SSSR count). The van der Waals surface area contributed by atoms with E-state index in [2.05, 4.69) is 52.7 Å². The molecule has 26 heavy (non-hydrogen) atoms. The van der Waals surface area contributed by atoms with Crippen LogP contribution in [0, 0.1) is 5.41 Å². The Morgan fingerprint density at radius 1 is 1.31 bits per heavy atom. The van der Waals surface area contributed by atoms with Crippen molar-refractivity contribution >= 4 is 5.57 Å². The second-order valence-electron chi connectivity index (χ2n) is 8.32. The monoisotopic (exact) mass is 353 g/mol. The SMILES string of the molecule is C=C.C=C1CCc2cc3c(c(O)c21)CC(N)C(C)(CCCC=C(C)C)C3. The van der Waals surface area contributed by atoms with E-state index in [1.54, 1.807) is 0 Å². The fraction of sp³-hybridized carbons (Fsp3) is 0.500. The Hall–Kier alpha value is -1.80. The van der Waals surface area contributed by atoms with Gasteiger partial charge in [-0.05, 0) is 86.5 Å². The number of fused-ring (bicyclic) bond motifs is 2. The van der Waals surface area contributed by atoms with E-state index in [-0.39, 0.29) is 11.5 Å². The van der Waals surface area contributed by atoms with Gasteiger partial charge in [-0.2, -0.15) is 0 Å². The van der Waals surface area contributed by atoms with E-state index in [0.717, 1.165) is 55.2 Å². The molecule has 2 aliphatic rings. The third-order valence-electron chi connectivity index (χ3n) is 6.05. The van der Waals surface area contributed by atoms with Crippen molar-refractivity contribution in [3.05, 3.63) is 59.7 Å². The highest BCUT2D eigenvalue weighted by Gasteiger charge is 2.38. The molecular weight excluding hydrogens is 318 g/mol. The second-order valence-corrected chi connectivity index (χ2v) is 8.32. The number of phenols is 1. The zero-order chi connectivity index (χ0) is 19.5. The molecule has 1 aromatic rings. The third kappa shape index (κ3) is 3.96. The molecule has 0 aliphatic heterocycles. The quantitative estimate of drug-likeness (QED) is 0.537. The van der Waals surface area contributed by atoms with Crippen LogP contribution in [-0.4, -0.2) is 11.1 Å². The van der Waals surface area contributed by atoms with Crippen LogP contribution in [0.5, 0.6) is 5.75 Å². The first-order valence-electron chi connectivity index (χ1n) is 9.75. The number of nitrogens with two attached hydrogens (primary N) is 1. The first kappa shape index (κ1) is 20.5. The first-order valence-corrected chi connectivity index (χ1v) is 9.75. The van der Waals surface area contributed by atoms with Gasteiger partial charge in [0.05, 0.1) is 0 Å². The van der Waals surface area contributed by atoms with Gasteiger partial charge in [0.1, 0.15) is 5.75 Å². The van der Waals surface area contributed by atoms with Crippen molar-refractivity contribution in [3.63, 3.8) is 0 Å². The van der Waals surface area contributed by atoms with Crippen LogP contribution in [0.15, 0.2) is 37.5 Å². The summed E-state index contributed by atoms with van der Waals surface area (Å²) in [5.74, 6) is 0.465. The number of phenolic OH excluding ortho intramolecular Hbond substituents is 1. The predicted molar refractivity (Wildman–Crippen MR) is 113 cm³/mol. The maximum absolute atomic E-state index is 10.8. The Balaban J connectivity index is 0.00000117. The molecule has 0 spiro atoms. The van der Waals surface area contributed by atoms with Gasteiger partial charge in [-0.3, -0.25) is 0 Å². The molecule has 0 saturated carbocycles. The number of hydrogen-bond donors (Lipinski definition) is 2. The van der Waals surface area contributed by atoms with E-state index in [1.165, 1.54) is 23.1 Å². The van der Waals surface area contributed by atoms with Crippen LogP contribution in [0.1, 0.15) is 68.7 Å². The van der Waals surface area contributed by atoms with E-state index in [9.17, 15) is 5.11 Å². The molecule has 142 valence electrons. The molecule has 0 aromatic heterocycles. The normalized spacial score (nSPS) is 23.5. The lowest BCUT2D eigenvalue weighted by Crippen LogP contribution is -2.46. The summed E-state index contributed by atoms with van der Waals surface area (Å²) in [4.78, 5) is 0. The van der Waals surface area contributed by atoms with Crippen LogP contribution < -0.4 is 5.73 Å². The van der Waals surface area contributed by atoms with Gasteiger partial charge in [-0.15, -0.1) is 13.2 Å². The summed E-state index contributed by atoms with van der Waals surface area (Å²) in [7, 11) is 0. The molecule has 2 unspecified atom stereocenters. The summed E-state index contributed by atoms with van der Waals surface area (Å²) in [6.45, 7) is 16.8. The Morgan fingerprint density at radius 2 is 2.00 bits per heavy atom. The van der Waals surface area contributed by atoms with E-state index >= 15 is 0 Å². The summed E-state index contributed by atoms with van der Waals surface area (Å²) in [6, 6.07) is 2.43. The summed E-state index contributed by atoms with van der Waals surface area (Å²) in [6.07, 6.45) is 9.51. The molecule has 0 radical (unpaired) electrons. The van der Waals surface area contributed by atoms with E-state index in [1.807, 2.05) is 0 Å². The second kappa shape index (κ2) is 8.26. The number of aryl methyl sites for hydroxylation is 1. The van der Waals surface area contributed by atoms with Crippen molar-refractivity contribution in [2.75, 3.05) is 0 Å². The van der Waals surface area contributed by atoms with Gasteiger partial charge < -0.3 is 10.8 Å². The van der Waals surface area contributed by atoms with Crippen molar-refractivity contribution in [2.24, 2.45) is 11.1 Å². The maximum Gasteiger partial charge on any atom is 0.126 e. The highest BCUT2D eigenvalue weighted by molar-refractivity contribution is 5.77. The van der Waals surface area contributed by atoms with Gasteiger partial charge in [-0.25, -0.2) is 0 Å². The van der Waals surface area contributed by atoms with Crippen molar-refractivity contribution in [1.29, 1.82) is 0 Å². The standard InChI is InChI=1S/C22H31NO.C2H4/c1-14(2)7-5-6-10-22(4)13-17-11-16-9-8-15(3)20(16)21(24)18(17)12-19(22)23;1-2/h7,11,19,24H,3,5-6,8-10,12-13,23H2,1-2,4H3;1-2H2. The molecule has 0 amide bonds. The van der Waals surface area contributed by atoms with Crippen LogP contribution in [0.25, 0.3) is 5.57 Å². The zero-order valence-corrected chi connectivity index (χ0v) is 16.8. The smallest absolute Gasteiger partial charge is 0.126 e. The number of allylic oxidation sites excluding steroid dienone is 3. The van der Waals surface area contributed by atoms with Gasteiger partial charge in [0.2, 0.25) is 0 Å². The van der Waals surface area contributed by atoms with Crippen molar-refractivity contribution in [2.45, 2.75) is 71.8 Å². The topological polar surface area (TPSA) is 46.2 Å². The largest absolute Gasteiger partial charge is 0.507 e. The van der Waals surface area contributed by atoms with Crippen molar-refractivity contribution in [1.82, 2.24) is 0 Å². The number of aromatic hydroxyl groups is 1. The lowest BCUT2D eigenvalue weighted by Gasteiger charge is -2.41. The Bertz CT molecular complexity index is 711.